The van der Waals surface area contributed by atoms with Gasteiger partial charge < -0.3 is 10.2 Å². The fourth-order valence-electron chi connectivity index (χ4n) is 1.07. The second-order valence-electron chi connectivity index (χ2n) is 2.57. The molecule has 0 radical (unpaired) electrons. The molecule has 2 rings (SSSR count). The normalized spacial score (nSPS) is 9.40. The molecule has 15 heavy (non-hydrogen) atoms. The van der Waals surface area contributed by atoms with Gasteiger partial charge in [0.25, 0.3) is 5.09 Å². The van der Waals surface area contributed by atoms with E-state index in [4.69, 9.17) is 26.9 Å². The molecule has 0 aliphatic rings. The van der Waals surface area contributed by atoms with Crippen LogP contribution in [0.1, 0.15) is 5.82 Å². The molecule has 1 aromatic heterocycles. The summed E-state index contributed by atoms with van der Waals surface area (Å²) in [5, 5.41) is 13.6. The van der Waals surface area contributed by atoms with Crippen LogP contribution >= 0.6 is 11.6 Å². The molecule has 0 spiro atoms. The van der Waals surface area contributed by atoms with Crippen LogP contribution in [0.5, 0.6) is 0 Å². The summed E-state index contributed by atoms with van der Waals surface area (Å²) in [6.45, 7) is 0. The molecule has 2 N–H and O–H groups in total. The summed E-state index contributed by atoms with van der Waals surface area (Å²) < 4.78 is 0. The Morgan fingerprint density at radius 3 is 2.67 bits per heavy atom. The average Bonchev–Trinajstić information content (AvgIpc) is 2.59. The second kappa shape index (κ2) is 5.16. The number of imidazole rings is 1. The number of hydrogen-bond acceptors (Lipinski definition) is 3. The van der Waals surface area contributed by atoms with Crippen LogP contribution in [0, 0.1) is 10.1 Å². The van der Waals surface area contributed by atoms with Crippen LogP contribution in [0.3, 0.4) is 0 Å². The number of para-hydroxylation sites is 2. The van der Waals surface area contributed by atoms with Crippen LogP contribution in [0.2, 0.25) is 0 Å². The number of aromatic nitrogens is 2. The molecular formula is C8H8ClN3O3. The van der Waals surface area contributed by atoms with Gasteiger partial charge in [0.1, 0.15) is 5.82 Å². The maximum atomic E-state index is 8.36. The third-order valence-corrected chi connectivity index (χ3v) is 1.82. The Morgan fingerprint density at radius 2 is 2.13 bits per heavy atom. The van der Waals surface area contributed by atoms with Crippen LogP contribution in [0.4, 0.5) is 0 Å². The summed E-state index contributed by atoms with van der Waals surface area (Å²) in [7, 11) is 0. The molecule has 0 fully saturated rings. The van der Waals surface area contributed by atoms with Crippen molar-refractivity contribution in [3.8, 4) is 0 Å². The van der Waals surface area contributed by atoms with Crippen LogP contribution in [-0.2, 0) is 5.88 Å². The molecule has 1 heterocycles. The molecule has 80 valence electrons. The lowest BCUT2D eigenvalue weighted by Gasteiger charge is -1.81. The Balaban J connectivity index is 0.000000245. The third kappa shape index (κ3) is 3.43. The van der Waals surface area contributed by atoms with E-state index >= 15 is 0 Å². The van der Waals surface area contributed by atoms with E-state index in [9.17, 15) is 0 Å². The number of H-pyrrole nitrogens is 1. The van der Waals surface area contributed by atoms with E-state index in [1.807, 2.05) is 24.3 Å². The molecule has 1 aromatic carbocycles. The highest BCUT2D eigenvalue weighted by Crippen LogP contribution is 2.10. The molecule has 0 bridgehead atoms. The highest BCUT2D eigenvalue weighted by molar-refractivity contribution is 6.16. The van der Waals surface area contributed by atoms with Gasteiger partial charge in [0, 0.05) is 0 Å². The predicted octanol–water partition coefficient (Wildman–Crippen LogP) is 1.95. The molecule has 6 nitrogen and oxygen atoms in total. The first-order valence-electron chi connectivity index (χ1n) is 3.96. The minimum atomic E-state index is -1.50. The minimum Gasteiger partial charge on any atom is -0.341 e. The van der Waals surface area contributed by atoms with Gasteiger partial charge >= 0.3 is 0 Å². The molecule has 2 aromatic rings. The number of nitrogens with one attached hydrogen (secondary N) is 1. The van der Waals surface area contributed by atoms with Gasteiger partial charge in [-0.1, -0.05) is 12.1 Å². The van der Waals surface area contributed by atoms with Gasteiger partial charge in [0.05, 0.1) is 16.9 Å². The number of benzene rings is 1. The summed E-state index contributed by atoms with van der Waals surface area (Å²) in [4.78, 5) is 15.7. The number of aromatic amines is 1. The summed E-state index contributed by atoms with van der Waals surface area (Å²) in [6, 6.07) is 7.87. The fourth-order valence-corrected chi connectivity index (χ4v) is 1.20. The molecule has 0 unspecified atom stereocenters. The van der Waals surface area contributed by atoms with Crippen molar-refractivity contribution in [3.63, 3.8) is 0 Å². The van der Waals surface area contributed by atoms with Crippen molar-refractivity contribution in [1.29, 1.82) is 0 Å². The summed E-state index contributed by atoms with van der Waals surface area (Å²) in [5.41, 5.74) is 2.02. The molecule has 0 aliphatic carbocycles. The Morgan fingerprint density at radius 1 is 1.53 bits per heavy atom. The van der Waals surface area contributed by atoms with Crippen molar-refractivity contribution in [2.75, 3.05) is 0 Å². The van der Waals surface area contributed by atoms with E-state index in [0.29, 0.717) is 5.88 Å². The lowest BCUT2D eigenvalue weighted by atomic mass is 10.3. The van der Waals surface area contributed by atoms with Crippen molar-refractivity contribution in [2.45, 2.75) is 5.88 Å². The highest BCUT2D eigenvalue weighted by Gasteiger charge is 1.98. The van der Waals surface area contributed by atoms with Gasteiger partial charge in [0.2, 0.25) is 0 Å². The average molecular weight is 230 g/mol. The van der Waals surface area contributed by atoms with Crippen molar-refractivity contribution in [3.05, 3.63) is 40.2 Å². The zero-order valence-corrected chi connectivity index (χ0v) is 8.31. The quantitative estimate of drug-likeness (QED) is 0.444. The van der Waals surface area contributed by atoms with E-state index in [-0.39, 0.29) is 0 Å². The van der Waals surface area contributed by atoms with Crippen LogP contribution < -0.4 is 0 Å². The zero-order valence-electron chi connectivity index (χ0n) is 7.55. The lowest BCUT2D eigenvalue weighted by molar-refractivity contribution is -0.742. The standard InChI is InChI=1S/C8H7ClN2.HNO3/c9-5-8-10-6-3-1-2-4-7(6)11-8;2-1(3)4/h1-4H,5H2,(H,10,11);(H,2,3,4). The van der Waals surface area contributed by atoms with E-state index in [1.54, 1.807) is 0 Å². The fraction of sp³-hybridized carbons (Fsp3) is 0.125. The largest absolute Gasteiger partial charge is 0.341 e. The molecule has 0 amide bonds. The molecular weight excluding hydrogens is 222 g/mol. The maximum Gasteiger partial charge on any atom is 0.291 e. The second-order valence-corrected chi connectivity index (χ2v) is 2.84. The van der Waals surface area contributed by atoms with Gasteiger partial charge in [0.15, 0.2) is 0 Å². The first kappa shape index (κ1) is 11.3. The van der Waals surface area contributed by atoms with Crippen molar-refractivity contribution in [2.24, 2.45) is 0 Å². The first-order chi connectivity index (χ1) is 7.13. The number of rotatable bonds is 1. The van der Waals surface area contributed by atoms with Crippen LogP contribution in [0.25, 0.3) is 11.0 Å². The lowest BCUT2D eigenvalue weighted by Crippen LogP contribution is -1.81. The Kier molecular flexibility index (Phi) is 3.87. The van der Waals surface area contributed by atoms with Crippen molar-refractivity contribution < 1.29 is 10.3 Å². The summed E-state index contributed by atoms with van der Waals surface area (Å²) in [5.74, 6) is 1.27. The Bertz CT molecular complexity index is 420. The van der Waals surface area contributed by atoms with Gasteiger partial charge in [-0.3, -0.25) is 0 Å². The van der Waals surface area contributed by atoms with E-state index < -0.39 is 5.09 Å². The molecule has 0 aliphatic heterocycles. The van der Waals surface area contributed by atoms with Gasteiger partial charge in [-0.05, 0) is 12.1 Å². The van der Waals surface area contributed by atoms with Crippen molar-refractivity contribution >= 4 is 22.6 Å². The van der Waals surface area contributed by atoms with Crippen LogP contribution in [0.15, 0.2) is 24.3 Å². The topological polar surface area (TPSA) is 92.0 Å². The Hall–Kier alpha value is -1.82. The zero-order chi connectivity index (χ0) is 11.3. The monoisotopic (exact) mass is 229 g/mol. The number of alkyl halides is 1. The molecule has 0 atom stereocenters. The van der Waals surface area contributed by atoms with Gasteiger partial charge in [-0.25, -0.2) is 4.98 Å². The number of halogens is 1. The van der Waals surface area contributed by atoms with E-state index in [2.05, 4.69) is 9.97 Å². The Labute approximate surface area is 89.6 Å². The SMILES string of the molecule is ClCc1nc2ccccc2[nH]1.O=[N+]([O-])O. The van der Waals surface area contributed by atoms with Gasteiger partial charge in [-0.15, -0.1) is 21.7 Å². The minimum absolute atomic E-state index is 0.439. The number of hydrogen-bond donors (Lipinski definition) is 2. The van der Waals surface area contributed by atoms with Crippen molar-refractivity contribution in [1.82, 2.24) is 9.97 Å². The number of nitrogens with zero attached hydrogens (tertiary/aromatic N) is 2. The summed E-state index contributed by atoms with van der Waals surface area (Å²) >= 11 is 5.60. The van der Waals surface area contributed by atoms with E-state index in [1.165, 1.54) is 0 Å². The predicted molar refractivity (Wildman–Crippen MR) is 54.4 cm³/mol. The molecule has 0 saturated carbocycles. The van der Waals surface area contributed by atoms with E-state index in [0.717, 1.165) is 16.9 Å². The first-order valence-corrected chi connectivity index (χ1v) is 4.50. The smallest absolute Gasteiger partial charge is 0.291 e. The van der Waals surface area contributed by atoms with Gasteiger partial charge in [-0.2, -0.15) is 0 Å². The van der Waals surface area contributed by atoms with Crippen LogP contribution in [-0.4, -0.2) is 20.3 Å². The molecule has 0 saturated heterocycles. The maximum absolute atomic E-state index is 8.36. The number of fused-ring (bicyclic) bond motifs is 1. The third-order valence-electron chi connectivity index (χ3n) is 1.56. The summed E-state index contributed by atoms with van der Waals surface area (Å²) in [6.07, 6.45) is 0. The highest BCUT2D eigenvalue weighted by atomic mass is 35.5. The molecule has 7 heteroatoms.